The normalized spacial score (nSPS) is 25.5. The zero-order chi connectivity index (χ0) is 13.7. The van der Waals surface area contributed by atoms with Crippen molar-refractivity contribution >= 4 is 17.3 Å². The van der Waals surface area contributed by atoms with Crippen LogP contribution in [0.5, 0.6) is 0 Å². The van der Waals surface area contributed by atoms with Gasteiger partial charge in [0.2, 0.25) is 11.6 Å². The van der Waals surface area contributed by atoms with Crippen molar-refractivity contribution in [3.63, 3.8) is 0 Å². The zero-order valence-corrected chi connectivity index (χ0v) is 10.8. The Bertz CT molecular complexity index is 616. The maximum absolute atomic E-state index is 12.3. The molecule has 1 aliphatic carbocycles. The molecule has 19 heavy (non-hydrogen) atoms. The van der Waals surface area contributed by atoms with Crippen molar-refractivity contribution in [2.75, 3.05) is 0 Å². The summed E-state index contributed by atoms with van der Waals surface area (Å²) in [5.41, 5.74) is 7.51. The smallest absolute Gasteiger partial charge is 0.234 e. The summed E-state index contributed by atoms with van der Waals surface area (Å²) in [5.74, 6) is -0.520. The summed E-state index contributed by atoms with van der Waals surface area (Å²) in [5, 5.41) is 0. The summed E-state index contributed by atoms with van der Waals surface area (Å²) in [6.45, 7) is 3.95. The molecule has 1 heterocycles. The number of hydrogen-bond acceptors (Lipinski definition) is 4. The fourth-order valence-electron chi connectivity index (χ4n) is 2.89. The quantitative estimate of drug-likeness (QED) is 0.778. The van der Waals surface area contributed by atoms with Gasteiger partial charge in [-0.25, -0.2) is 0 Å². The lowest BCUT2D eigenvalue weighted by molar-refractivity contribution is -0.112. The van der Waals surface area contributed by atoms with Gasteiger partial charge in [-0.05, 0) is 5.92 Å². The van der Waals surface area contributed by atoms with Crippen LogP contribution in [0.15, 0.2) is 29.8 Å². The van der Waals surface area contributed by atoms with Crippen LogP contribution in [0.25, 0.3) is 5.76 Å². The van der Waals surface area contributed by atoms with Gasteiger partial charge in [0.05, 0.1) is 5.57 Å². The first-order chi connectivity index (χ1) is 9.02. The van der Waals surface area contributed by atoms with Gasteiger partial charge in [-0.3, -0.25) is 15.3 Å². The molecule has 1 aromatic carbocycles. The van der Waals surface area contributed by atoms with E-state index in [1.807, 2.05) is 19.9 Å². The number of rotatable bonds is 1. The second kappa shape index (κ2) is 4.03. The number of hydrogen-bond donors (Lipinski definition) is 1. The Kier molecular flexibility index (Phi) is 2.57. The molecule has 0 bridgehead atoms. The largest absolute Gasteiger partial charge is 0.474 e. The van der Waals surface area contributed by atoms with Crippen molar-refractivity contribution in [1.82, 2.24) is 0 Å². The Morgan fingerprint density at radius 2 is 1.74 bits per heavy atom. The van der Waals surface area contributed by atoms with Crippen molar-refractivity contribution in [3.8, 4) is 0 Å². The molecule has 0 radical (unpaired) electrons. The topological polar surface area (TPSA) is 69.4 Å². The molecule has 0 saturated heterocycles. The number of nitrogens with two attached hydrogens (primary N) is 1. The van der Waals surface area contributed by atoms with E-state index in [1.54, 1.807) is 18.2 Å². The van der Waals surface area contributed by atoms with Gasteiger partial charge in [0.15, 0.2) is 6.23 Å². The third-order valence-electron chi connectivity index (χ3n) is 3.77. The Morgan fingerprint density at radius 3 is 2.37 bits per heavy atom. The predicted octanol–water partition coefficient (Wildman–Crippen LogP) is 1.75. The minimum Gasteiger partial charge on any atom is -0.474 e. The van der Waals surface area contributed by atoms with E-state index in [2.05, 4.69) is 0 Å². The molecule has 1 aromatic rings. The lowest BCUT2D eigenvalue weighted by Gasteiger charge is -2.20. The average Bonchev–Trinajstić information content (AvgIpc) is 2.74. The van der Waals surface area contributed by atoms with E-state index >= 15 is 0 Å². The summed E-state index contributed by atoms with van der Waals surface area (Å²) in [6.07, 6.45) is -0.562. The first-order valence-electron chi connectivity index (χ1n) is 6.37. The van der Waals surface area contributed by atoms with Crippen LogP contribution in [0.2, 0.25) is 0 Å². The fourth-order valence-corrected chi connectivity index (χ4v) is 2.89. The van der Waals surface area contributed by atoms with Gasteiger partial charge in [-0.1, -0.05) is 38.1 Å². The Morgan fingerprint density at radius 1 is 1.11 bits per heavy atom. The molecule has 2 N–H and O–H groups in total. The van der Waals surface area contributed by atoms with Gasteiger partial charge in [-0.2, -0.15) is 0 Å². The zero-order valence-electron chi connectivity index (χ0n) is 10.8. The molecule has 98 valence electrons. The molecule has 0 fully saturated rings. The highest BCUT2D eigenvalue weighted by molar-refractivity contribution is 6.52. The Labute approximate surface area is 111 Å². The Hall–Kier alpha value is -1.94. The number of fused-ring (bicyclic) bond motifs is 2. The maximum atomic E-state index is 12.3. The van der Waals surface area contributed by atoms with Gasteiger partial charge < -0.3 is 4.74 Å². The number of benzene rings is 1. The van der Waals surface area contributed by atoms with Crippen molar-refractivity contribution in [2.45, 2.75) is 20.1 Å². The van der Waals surface area contributed by atoms with Crippen molar-refractivity contribution in [2.24, 2.45) is 17.6 Å². The summed E-state index contributed by atoms with van der Waals surface area (Å²) >= 11 is 0. The van der Waals surface area contributed by atoms with Crippen LogP contribution in [-0.4, -0.2) is 17.8 Å². The van der Waals surface area contributed by atoms with E-state index in [1.165, 1.54) is 0 Å². The second-order valence-corrected chi connectivity index (χ2v) is 5.30. The Balaban J connectivity index is 2.24. The van der Waals surface area contributed by atoms with Crippen molar-refractivity contribution in [1.29, 1.82) is 0 Å². The highest BCUT2D eigenvalue weighted by Gasteiger charge is 2.46. The molecular weight excluding hydrogens is 242 g/mol. The summed E-state index contributed by atoms with van der Waals surface area (Å²) in [7, 11) is 0. The standard InChI is InChI=1S/C15H15NO3/c1-7(2)10-11-13(18)12(17)8-5-3-4-6-9(8)14(11)19-15(10)16/h3-7,10,15H,16H2,1-2H3. The molecule has 2 aliphatic rings. The average molecular weight is 257 g/mol. The first-order valence-corrected chi connectivity index (χ1v) is 6.37. The van der Waals surface area contributed by atoms with E-state index in [0.29, 0.717) is 22.5 Å². The van der Waals surface area contributed by atoms with E-state index in [0.717, 1.165) is 0 Å². The van der Waals surface area contributed by atoms with Crippen LogP contribution in [0.4, 0.5) is 0 Å². The summed E-state index contributed by atoms with van der Waals surface area (Å²) < 4.78 is 5.67. The molecule has 1 aliphatic heterocycles. The third kappa shape index (κ3) is 1.56. The van der Waals surface area contributed by atoms with Crippen LogP contribution in [0.1, 0.15) is 29.8 Å². The molecule has 0 amide bonds. The van der Waals surface area contributed by atoms with Crippen LogP contribution in [-0.2, 0) is 9.53 Å². The van der Waals surface area contributed by atoms with Crippen LogP contribution < -0.4 is 5.73 Å². The SMILES string of the molecule is CC(C)C1C2=C(OC1N)c1ccccc1C(=O)C2=O. The van der Waals surface area contributed by atoms with Gasteiger partial charge in [-0.15, -0.1) is 0 Å². The third-order valence-corrected chi connectivity index (χ3v) is 3.77. The van der Waals surface area contributed by atoms with E-state index < -0.39 is 17.8 Å². The number of ether oxygens (including phenoxy) is 1. The summed E-state index contributed by atoms with van der Waals surface area (Å²) in [6, 6.07) is 7.01. The lowest BCUT2D eigenvalue weighted by Crippen LogP contribution is -2.34. The number of ketones is 2. The number of carbonyl (C=O) groups excluding carboxylic acids is 2. The van der Waals surface area contributed by atoms with E-state index in [9.17, 15) is 9.59 Å². The van der Waals surface area contributed by atoms with Crippen LogP contribution in [0.3, 0.4) is 0 Å². The van der Waals surface area contributed by atoms with Gasteiger partial charge in [0.1, 0.15) is 5.76 Å². The molecule has 0 spiro atoms. The highest BCUT2D eigenvalue weighted by Crippen LogP contribution is 2.43. The number of Topliss-reactive ketones (excluding diaryl/α,β-unsaturated/α-hetero) is 2. The van der Waals surface area contributed by atoms with Gasteiger partial charge >= 0.3 is 0 Å². The predicted molar refractivity (Wildman–Crippen MR) is 70.1 cm³/mol. The van der Waals surface area contributed by atoms with Crippen LogP contribution in [0, 0.1) is 11.8 Å². The van der Waals surface area contributed by atoms with Gasteiger partial charge in [0.25, 0.3) is 0 Å². The molecule has 4 heteroatoms. The second-order valence-electron chi connectivity index (χ2n) is 5.30. The first kappa shape index (κ1) is 12.1. The number of carbonyl (C=O) groups is 2. The summed E-state index contributed by atoms with van der Waals surface area (Å²) in [4.78, 5) is 24.4. The van der Waals surface area contributed by atoms with E-state index in [4.69, 9.17) is 10.5 Å². The molecule has 0 saturated carbocycles. The molecule has 0 aromatic heterocycles. The molecule has 2 atom stereocenters. The van der Waals surface area contributed by atoms with Crippen LogP contribution >= 0.6 is 0 Å². The molecule has 2 unspecified atom stereocenters. The van der Waals surface area contributed by atoms with E-state index in [-0.39, 0.29) is 11.8 Å². The highest BCUT2D eigenvalue weighted by atomic mass is 16.5. The lowest BCUT2D eigenvalue weighted by atomic mass is 9.79. The molecule has 3 rings (SSSR count). The minimum absolute atomic E-state index is 0.143. The monoisotopic (exact) mass is 257 g/mol. The van der Waals surface area contributed by atoms with Crippen molar-refractivity contribution in [3.05, 3.63) is 41.0 Å². The molecular formula is C15H15NO3. The fraction of sp³-hybridized carbons (Fsp3) is 0.333. The van der Waals surface area contributed by atoms with Gasteiger partial charge in [0, 0.05) is 17.0 Å². The molecule has 4 nitrogen and oxygen atoms in total. The van der Waals surface area contributed by atoms with Crippen molar-refractivity contribution < 1.29 is 14.3 Å². The minimum atomic E-state index is -0.562. The maximum Gasteiger partial charge on any atom is 0.234 e.